The van der Waals surface area contributed by atoms with Crippen molar-refractivity contribution < 1.29 is 4.74 Å². The van der Waals surface area contributed by atoms with E-state index in [0.29, 0.717) is 0 Å². The molecule has 2 aromatic carbocycles. The van der Waals surface area contributed by atoms with E-state index in [2.05, 4.69) is 31.3 Å². The Labute approximate surface area is 121 Å². The van der Waals surface area contributed by atoms with Gasteiger partial charge in [-0.25, -0.2) is 0 Å². The van der Waals surface area contributed by atoms with Gasteiger partial charge in [-0.3, -0.25) is 0 Å². The predicted molar refractivity (Wildman–Crippen MR) is 85.7 cm³/mol. The SMILES string of the molecule is CC(C)CCCOc1ccc(Nc2ccccc2)cc1. The van der Waals surface area contributed by atoms with Crippen LogP contribution in [0.5, 0.6) is 5.75 Å². The van der Waals surface area contributed by atoms with Crippen molar-refractivity contribution in [2.24, 2.45) is 5.92 Å². The summed E-state index contributed by atoms with van der Waals surface area (Å²) >= 11 is 0. The van der Waals surface area contributed by atoms with E-state index in [4.69, 9.17) is 4.74 Å². The van der Waals surface area contributed by atoms with Crippen LogP contribution >= 0.6 is 0 Å². The molecule has 0 saturated heterocycles. The third-order valence-corrected chi connectivity index (χ3v) is 3.11. The molecule has 0 saturated carbocycles. The van der Waals surface area contributed by atoms with Crippen molar-refractivity contribution >= 4 is 11.4 Å². The molecule has 2 aromatic rings. The molecule has 20 heavy (non-hydrogen) atoms. The minimum Gasteiger partial charge on any atom is -0.494 e. The highest BCUT2D eigenvalue weighted by Crippen LogP contribution is 2.20. The van der Waals surface area contributed by atoms with Gasteiger partial charge in [0.15, 0.2) is 0 Å². The van der Waals surface area contributed by atoms with Gasteiger partial charge >= 0.3 is 0 Å². The summed E-state index contributed by atoms with van der Waals surface area (Å²) in [5, 5.41) is 3.36. The van der Waals surface area contributed by atoms with E-state index in [9.17, 15) is 0 Å². The van der Waals surface area contributed by atoms with E-state index in [1.807, 2.05) is 42.5 Å². The van der Waals surface area contributed by atoms with Crippen molar-refractivity contribution in [1.29, 1.82) is 0 Å². The van der Waals surface area contributed by atoms with Gasteiger partial charge < -0.3 is 10.1 Å². The van der Waals surface area contributed by atoms with Gasteiger partial charge in [0.1, 0.15) is 5.75 Å². The monoisotopic (exact) mass is 269 g/mol. The molecule has 0 bridgehead atoms. The normalized spacial score (nSPS) is 10.6. The summed E-state index contributed by atoms with van der Waals surface area (Å²) in [5.74, 6) is 1.68. The Balaban J connectivity index is 1.81. The summed E-state index contributed by atoms with van der Waals surface area (Å²) in [4.78, 5) is 0. The summed E-state index contributed by atoms with van der Waals surface area (Å²) in [6.07, 6.45) is 2.33. The van der Waals surface area contributed by atoms with E-state index >= 15 is 0 Å². The van der Waals surface area contributed by atoms with Crippen LogP contribution in [0.15, 0.2) is 54.6 Å². The second kappa shape index (κ2) is 7.59. The molecule has 0 heterocycles. The average Bonchev–Trinajstić information content (AvgIpc) is 2.46. The van der Waals surface area contributed by atoms with Gasteiger partial charge in [-0.1, -0.05) is 32.0 Å². The van der Waals surface area contributed by atoms with Crippen LogP contribution in [0.25, 0.3) is 0 Å². The summed E-state index contributed by atoms with van der Waals surface area (Å²) in [6, 6.07) is 18.3. The number of hydrogen-bond donors (Lipinski definition) is 1. The van der Waals surface area contributed by atoms with Crippen molar-refractivity contribution in [1.82, 2.24) is 0 Å². The first kappa shape index (κ1) is 14.4. The second-order valence-corrected chi connectivity index (χ2v) is 5.40. The number of ether oxygens (including phenoxy) is 1. The minimum absolute atomic E-state index is 0.746. The van der Waals surface area contributed by atoms with Crippen molar-refractivity contribution in [3.05, 3.63) is 54.6 Å². The van der Waals surface area contributed by atoms with Gasteiger partial charge in [0.05, 0.1) is 6.61 Å². The summed E-state index contributed by atoms with van der Waals surface area (Å²) in [6.45, 7) is 5.28. The maximum absolute atomic E-state index is 5.73. The largest absolute Gasteiger partial charge is 0.494 e. The zero-order chi connectivity index (χ0) is 14.2. The van der Waals surface area contributed by atoms with Gasteiger partial charge in [-0.2, -0.15) is 0 Å². The zero-order valence-corrected chi connectivity index (χ0v) is 12.3. The number of anilines is 2. The zero-order valence-electron chi connectivity index (χ0n) is 12.3. The summed E-state index contributed by atoms with van der Waals surface area (Å²) < 4.78 is 5.73. The Morgan fingerprint density at radius 2 is 1.55 bits per heavy atom. The Morgan fingerprint density at radius 1 is 0.900 bits per heavy atom. The molecule has 106 valence electrons. The van der Waals surface area contributed by atoms with Crippen LogP contribution in [-0.4, -0.2) is 6.61 Å². The first-order valence-electron chi connectivity index (χ1n) is 7.29. The standard InChI is InChI=1S/C18H23NO/c1-15(2)7-6-14-20-18-12-10-17(11-13-18)19-16-8-4-3-5-9-16/h3-5,8-13,15,19H,6-7,14H2,1-2H3. The Kier molecular flexibility index (Phi) is 5.48. The molecule has 0 spiro atoms. The topological polar surface area (TPSA) is 21.3 Å². The van der Waals surface area contributed by atoms with Gasteiger partial charge in [0.25, 0.3) is 0 Å². The molecule has 0 atom stereocenters. The van der Waals surface area contributed by atoms with Crippen LogP contribution in [0.1, 0.15) is 26.7 Å². The van der Waals surface area contributed by atoms with E-state index < -0.39 is 0 Å². The lowest BCUT2D eigenvalue weighted by Crippen LogP contribution is -1.99. The molecule has 2 nitrogen and oxygen atoms in total. The fraction of sp³-hybridized carbons (Fsp3) is 0.333. The first-order chi connectivity index (χ1) is 9.74. The highest BCUT2D eigenvalue weighted by Gasteiger charge is 1.98. The van der Waals surface area contributed by atoms with Crippen LogP contribution in [-0.2, 0) is 0 Å². The van der Waals surface area contributed by atoms with E-state index in [1.165, 1.54) is 6.42 Å². The van der Waals surface area contributed by atoms with Gasteiger partial charge in [-0.15, -0.1) is 0 Å². The molecule has 0 amide bonds. The molecule has 0 aliphatic heterocycles. The van der Waals surface area contributed by atoms with E-state index in [-0.39, 0.29) is 0 Å². The number of para-hydroxylation sites is 1. The lowest BCUT2D eigenvalue weighted by Gasteiger charge is -2.09. The molecule has 2 rings (SSSR count). The van der Waals surface area contributed by atoms with Crippen molar-refractivity contribution in [2.75, 3.05) is 11.9 Å². The molecule has 0 aliphatic carbocycles. The number of benzene rings is 2. The third-order valence-electron chi connectivity index (χ3n) is 3.11. The van der Waals surface area contributed by atoms with Crippen LogP contribution in [0, 0.1) is 5.92 Å². The van der Waals surface area contributed by atoms with Crippen LogP contribution < -0.4 is 10.1 Å². The molecule has 2 heteroatoms. The quantitative estimate of drug-likeness (QED) is 0.693. The first-order valence-corrected chi connectivity index (χ1v) is 7.29. The Bertz CT molecular complexity index is 491. The molecule has 0 aromatic heterocycles. The summed E-state index contributed by atoms with van der Waals surface area (Å²) in [7, 11) is 0. The summed E-state index contributed by atoms with van der Waals surface area (Å²) in [5.41, 5.74) is 2.17. The Morgan fingerprint density at radius 3 is 2.20 bits per heavy atom. The number of nitrogens with one attached hydrogen (secondary N) is 1. The minimum atomic E-state index is 0.746. The Hall–Kier alpha value is -1.96. The third kappa shape index (κ3) is 4.96. The molecule has 0 unspecified atom stereocenters. The van der Waals surface area contributed by atoms with Crippen molar-refractivity contribution in [3.8, 4) is 5.75 Å². The molecular formula is C18H23NO. The van der Waals surface area contributed by atoms with Crippen LogP contribution in [0.4, 0.5) is 11.4 Å². The van der Waals surface area contributed by atoms with Crippen molar-refractivity contribution in [3.63, 3.8) is 0 Å². The highest BCUT2D eigenvalue weighted by molar-refractivity contribution is 5.59. The molecule has 1 N–H and O–H groups in total. The number of hydrogen-bond acceptors (Lipinski definition) is 2. The van der Waals surface area contributed by atoms with Crippen LogP contribution in [0.3, 0.4) is 0 Å². The maximum Gasteiger partial charge on any atom is 0.119 e. The molecular weight excluding hydrogens is 246 g/mol. The smallest absolute Gasteiger partial charge is 0.119 e. The predicted octanol–water partition coefficient (Wildman–Crippen LogP) is 5.25. The lowest BCUT2D eigenvalue weighted by molar-refractivity contribution is 0.298. The van der Waals surface area contributed by atoms with Crippen molar-refractivity contribution in [2.45, 2.75) is 26.7 Å². The van der Waals surface area contributed by atoms with Gasteiger partial charge in [-0.05, 0) is 55.2 Å². The second-order valence-electron chi connectivity index (χ2n) is 5.40. The van der Waals surface area contributed by atoms with Gasteiger partial charge in [0, 0.05) is 11.4 Å². The van der Waals surface area contributed by atoms with Gasteiger partial charge in [0.2, 0.25) is 0 Å². The molecule has 0 aliphatic rings. The fourth-order valence-electron chi connectivity index (χ4n) is 2.00. The molecule has 0 fully saturated rings. The van der Waals surface area contributed by atoms with E-state index in [1.54, 1.807) is 0 Å². The maximum atomic E-state index is 5.73. The number of rotatable bonds is 7. The van der Waals surface area contributed by atoms with E-state index in [0.717, 1.165) is 36.1 Å². The molecule has 0 radical (unpaired) electrons. The van der Waals surface area contributed by atoms with Crippen LogP contribution in [0.2, 0.25) is 0 Å². The highest BCUT2D eigenvalue weighted by atomic mass is 16.5. The fourth-order valence-corrected chi connectivity index (χ4v) is 2.00. The lowest BCUT2D eigenvalue weighted by atomic mass is 10.1. The average molecular weight is 269 g/mol.